The first kappa shape index (κ1) is 14.9. The van der Waals surface area contributed by atoms with Crippen molar-refractivity contribution in [2.45, 2.75) is 0 Å². The Kier molecular flexibility index (Phi) is 4.18. The van der Waals surface area contributed by atoms with E-state index in [1.165, 1.54) is 17.5 Å². The van der Waals surface area contributed by atoms with E-state index in [1.807, 2.05) is 36.4 Å². The van der Waals surface area contributed by atoms with Crippen LogP contribution in [0.3, 0.4) is 0 Å². The lowest BCUT2D eigenvalue weighted by Crippen LogP contribution is -1.87. The van der Waals surface area contributed by atoms with Crippen molar-refractivity contribution in [3.63, 3.8) is 0 Å². The lowest BCUT2D eigenvalue weighted by Gasteiger charge is -2.07. The minimum atomic E-state index is 0.565. The van der Waals surface area contributed by atoms with E-state index in [0.717, 1.165) is 33.7 Å². The normalized spacial score (nSPS) is 10.1. The standard InChI is InChI=1S/C18H12N2O2S/c1-22-15-5-2-12(3-6-15)17-7-4-13(8-14(17)9-19)18-20-10-16(11-21)23-18/h2-8,10-11H,1H3. The van der Waals surface area contributed by atoms with Gasteiger partial charge in [0.25, 0.3) is 0 Å². The molecule has 2 aromatic carbocycles. The van der Waals surface area contributed by atoms with Gasteiger partial charge < -0.3 is 4.74 Å². The number of methoxy groups -OCH3 is 1. The summed E-state index contributed by atoms with van der Waals surface area (Å²) in [6, 6.07) is 15.4. The molecule has 0 aliphatic rings. The molecule has 0 saturated carbocycles. The summed E-state index contributed by atoms with van der Waals surface area (Å²) in [5, 5.41) is 10.2. The molecule has 4 nitrogen and oxygen atoms in total. The van der Waals surface area contributed by atoms with Crippen LogP contribution in [0.1, 0.15) is 15.2 Å². The number of rotatable bonds is 4. The van der Waals surface area contributed by atoms with Crippen molar-refractivity contribution in [3.8, 4) is 33.5 Å². The molecule has 0 bridgehead atoms. The molecule has 112 valence electrons. The number of hydrogen-bond acceptors (Lipinski definition) is 5. The molecule has 0 atom stereocenters. The van der Waals surface area contributed by atoms with E-state index >= 15 is 0 Å². The van der Waals surface area contributed by atoms with Gasteiger partial charge in [-0.15, -0.1) is 11.3 Å². The molecule has 3 rings (SSSR count). The van der Waals surface area contributed by atoms with Gasteiger partial charge in [-0.3, -0.25) is 4.79 Å². The number of hydrogen-bond donors (Lipinski definition) is 0. The molecule has 0 unspecified atom stereocenters. The maximum atomic E-state index is 10.8. The van der Waals surface area contributed by atoms with Gasteiger partial charge in [-0.2, -0.15) is 5.26 Å². The summed E-state index contributed by atoms with van der Waals surface area (Å²) in [5.41, 5.74) is 3.19. The smallest absolute Gasteiger partial charge is 0.161 e. The number of benzene rings is 2. The van der Waals surface area contributed by atoms with Gasteiger partial charge in [0.05, 0.1) is 23.6 Å². The van der Waals surface area contributed by atoms with Crippen LogP contribution in [0.25, 0.3) is 21.7 Å². The Hall–Kier alpha value is -2.97. The summed E-state index contributed by atoms with van der Waals surface area (Å²) >= 11 is 1.31. The molecule has 0 fully saturated rings. The van der Waals surface area contributed by atoms with Crippen LogP contribution in [-0.4, -0.2) is 18.4 Å². The van der Waals surface area contributed by atoms with Crippen LogP contribution in [0, 0.1) is 11.3 Å². The lowest BCUT2D eigenvalue weighted by atomic mass is 9.98. The molecule has 5 heteroatoms. The summed E-state index contributed by atoms with van der Waals surface area (Å²) in [4.78, 5) is 15.6. The van der Waals surface area contributed by atoms with Gasteiger partial charge in [0.1, 0.15) is 10.8 Å². The molecular formula is C18H12N2O2S. The van der Waals surface area contributed by atoms with Crippen LogP contribution in [0.15, 0.2) is 48.7 Å². The van der Waals surface area contributed by atoms with Gasteiger partial charge in [-0.05, 0) is 29.3 Å². The van der Waals surface area contributed by atoms with Crippen molar-refractivity contribution in [1.82, 2.24) is 4.98 Å². The molecule has 0 N–H and O–H groups in total. The average Bonchev–Trinajstić information content (AvgIpc) is 3.10. The number of carbonyl (C=O) groups excluding carboxylic acids is 1. The quantitative estimate of drug-likeness (QED) is 0.677. The van der Waals surface area contributed by atoms with Gasteiger partial charge in [-0.25, -0.2) is 4.98 Å². The molecule has 3 aromatic rings. The largest absolute Gasteiger partial charge is 0.497 e. The van der Waals surface area contributed by atoms with Crippen molar-refractivity contribution in [2.24, 2.45) is 0 Å². The Bertz CT molecular complexity index is 892. The summed E-state index contributed by atoms with van der Waals surface area (Å²) in [7, 11) is 1.62. The fourth-order valence-corrected chi connectivity index (χ4v) is 2.99. The number of carbonyl (C=O) groups is 1. The maximum absolute atomic E-state index is 10.8. The third kappa shape index (κ3) is 2.98. The van der Waals surface area contributed by atoms with E-state index in [4.69, 9.17) is 4.74 Å². The number of nitrogens with zero attached hydrogens (tertiary/aromatic N) is 2. The minimum absolute atomic E-state index is 0.565. The van der Waals surface area contributed by atoms with Crippen LogP contribution in [-0.2, 0) is 0 Å². The number of aromatic nitrogens is 1. The third-order valence-corrected chi connectivity index (χ3v) is 4.40. The van der Waals surface area contributed by atoms with Crippen LogP contribution >= 0.6 is 11.3 Å². The molecule has 0 spiro atoms. The van der Waals surface area contributed by atoms with Crippen LogP contribution in [0.2, 0.25) is 0 Å². The summed E-state index contributed by atoms with van der Waals surface area (Å²) in [5.74, 6) is 0.771. The molecule has 0 saturated heterocycles. The highest BCUT2D eigenvalue weighted by Crippen LogP contribution is 2.31. The molecule has 0 amide bonds. The number of ether oxygens (including phenoxy) is 1. The van der Waals surface area contributed by atoms with E-state index in [2.05, 4.69) is 11.1 Å². The lowest BCUT2D eigenvalue weighted by molar-refractivity contribution is 0.112. The topological polar surface area (TPSA) is 63.0 Å². The third-order valence-electron chi connectivity index (χ3n) is 3.43. The van der Waals surface area contributed by atoms with Crippen molar-refractivity contribution in [3.05, 3.63) is 59.1 Å². The Morgan fingerprint density at radius 2 is 1.91 bits per heavy atom. The van der Waals surface area contributed by atoms with E-state index in [1.54, 1.807) is 13.2 Å². The molecule has 1 aromatic heterocycles. The van der Waals surface area contributed by atoms with Crippen molar-refractivity contribution < 1.29 is 9.53 Å². The predicted octanol–water partition coefficient (Wildman–Crippen LogP) is 4.17. The van der Waals surface area contributed by atoms with Gasteiger partial charge in [0.15, 0.2) is 6.29 Å². The first-order valence-corrected chi connectivity index (χ1v) is 7.66. The molecule has 23 heavy (non-hydrogen) atoms. The van der Waals surface area contributed by atoms with Crippen molar-refractivity contribution in [1.29, 1.82) is 5.26 Å². The van der Waals surface area contributed by atoms with E-state index in [-0.39, 0.29) is 0 Å². The average molecular weight is 320 g/mol. The second-order valence-corrected chi connectivity index (χ2v) is 5.85. The molecule has 0 aliphatic carbocycles. The highest BCUT2D eigenvalue weighted by Gasteiger charge is 2.10. The molecular weight excluding hydrogens is 308 g/mol. The monoisotopic (exact) mass is 320 g/mol. The maximum Gasteiger partial charge on any atom is 0.161 e. The highest BCUT2D eigenvalue weighted by atomic mass is 32.1. The van der Waals surface area contributed by atoms with Gasteiger partial charge in [0.2, 0.25) is 0 Å². The summed E-state index contributed by atoms with van der Waals surface area (Å²) < 4.78 is 5.15. The molecule has 1 heterocycles. The fourth-order valence-electron chi connectivity index (χ4n) is 2.27. The SMILES string of the molecule is COc1ccc(-c2ccc(-c3ncc(C=O)s3)cc2C#N)cc1. The summed E-state index contributed by atoms with van der Waals surface area (Å²) in [6.45, 7) is 0. The first-order chi connectivity index (χ1) is 11.2. The Morgan fingerprint density at radius 1 is 1.17 bits per heavy atom. The molecule has 0 radical (unpaired) electrons. The second kappa shape index (κ2) is 6.42. The van der Waals surface area contributed by atoms with Crippen molar-refractivity contribution in [2.75, 3.05) is 7.11 Å². The van der Waals surface area contributed by atoms with E-state index < -0.39 is 0 Å². The predicted molar refractivity (Wildman–Crippen MR) is 89.6 cm³/mol. The van der Waals surface area contributed by atoms with Crippen LogP contribution in [0.4, 0.5) is 0 Å². The molecule has 0 aliphatic heterocycles. The Labute approximate surface area is 137 Å². The van der Waals surface area contributed by atoms with Gasteiger partial charge in [-0.1, -0.05) is 24.3 Å². The van der Waals surface area contributed by atoms with E-state index in [9.17, 15) is 10.1 Å². The zero-order valence-corrected chi connectivity index (χ0v) is 13.1. The Morgan fingerprint density at radius 3 is 2.52 bits per heavy atom. The number of thiazole rings is 1. The van der Waals surface area contributed by atoms with Gasteiger partial charge in [0, 0.05) is 11.8 Å². The Balaban J connectivity index is 2.02. The zero-order chi connectivity index (χ0) is 16.2. The number of nitriles is 1. The first-order valence-electron chi connectivity index (χ1n) is 6.85. The van der Waals surface area contributed by atoms with E-state index in [0.29, 0.717) is 10.4 Å². The van der Waals surface area contributed by atoms with Crippen LogP contribution < -0.4 is 4.74 Å². The second-order valence-electron chi connectivity index (χ2n) is 4.79. The van der Waals surface area contributed by atoms with Crippen LogP contribution in [0.5, 0.6) is 5.75 Å². The summed E-state index contributed by atoms with van der Waals surface area (Å²) in [6.07, 6.45) is 2.31. The number of aldehydes is 1. The van der Waals surface area contributed by atoms with Gasteiger partial charge >= 0.3 is 0 Å². The van der Waals surface area contributed by atoms with Crippen molar-refractivity contribution >= 4 is 17.6 Å². The zero-order valence-electron chi connectivity index (χ0n) is 12.3. The highest BCUT2D eigenvalue weighted by molar-refractivity contribution is 7.16. The minimum Gasteiger partial charge on any atom is -0.497 e. The fraction of sp³-hybridized carbons (Fsp3) is 0.0556.